The molecule has 1 amide bonds. The van der Waals surface area contributed by atoms with Gasteiger partial charge in [0.25, 0.3) is 5.91 Å². The minimum absolute atomic E-state index is 0. The van der Waals surface area contributed by atoms with Gasteiger partial charge in [0.2, 0.25) is 5.82 Å². The number of aryl methyl sites for hydroxylation is 1. The number of nitrogens with zero attached hydrogens (tertiary/aromatic N) is 3. The van der Waals surface area contributed by atoms with Crippen LogP contribution >= 0.6 is 12.4 Å². The summed E-state index contributed by atoms with van der Waals surface area (Å²) < 4.78 is 18.9. The fourth-order valence-corrected chi connectivity index (χ4v) is 4.83. The van der Waals surface area contributed by atoms with Gasteiger partial charge in [-0.3, -0.25) is 9.79 Å². The van der Waals surface area contributed by atoms with E-state index in [1.165, 1.54) is 12.1 Å². The molecule has 2 atom stereocenters. The lowest BCUT2D eigenvalue weighted by atomic mass is 9.90. The second-order valence-electron chi connectivity index (χ2n) is 9.73. The second-order valence-corrected chi connectivity index (χ2v) is 9.73. The molecule has 1 heterocycles. The van der Waals surface area contributed by atoms with Crippen LogP contribution in [0.25, 0.3) is 10.9 Å². The van der Waals surface area contributed by atoms with Gasteiger partial charge in [0.1, 0.15) is 23.2 Å². The van der Waals surface area contributed by atoms with Crippen LogP contribution in [0.5, 0.6) is 5.75 Å². The summed E-state index contributed by atoms with van der Waals surface area (Å²) in [6, 6.07) is 18.8. The highest BCUT2D eigenvalue weighted by atomic mass is 35.5. The number of ether oxygens (including phenoxy) is 1. The molecule has 0 saturated heterocycles. The third-order valence-electron chi connectivity index (χ3n) is 6.88. The van der Waals surface area contributed by atoms with Crippen molar-refractivity contribution < 1.29 is 13.9 Å². The van der Waals surface area contributed by atoms with Gasteiger partial charge in [0.05, 0.1) is 18.7 Å². The van der Waals surface area contributed by atoms with Crippen LogP contribution in [0.1, 0.15) is 47.4 Å². The Morgan fingerprint density at radius 3 is 2.58 bits per heavy atom. The van der Waals surface area contributed by atoms with Crippen molar-refractivity contribution in [3.8, 4) is 5.75 Å². The van der Waals surface area contributed by atoms with Gasteiger partial charge in [-0.2, -0.15) is 0 Å². The first-order valence-corrected chi connectivity index (χ1v) is 13.0. The van der Waals surface area contributed by atoms with Crippen LogP contribution in [0.3, 0.4) is 0 Å². The number of amides is 1. The molecule has 4 aromatic rings. The van der Waals surface area contributed by atoms with Crippen LogP contribution in [0.15, 0.2) is 71.7 Å². The Hall–Kier alpha value is -4.24. The fourth-order valence-electron chi connectivity index (χ4n) is 4.83. The molecule has 40 heavy (non-hydrogen) atoms. The zero-order valence-corrected chi connectivity index (χ0v) is 23.2. The highest BCUT2D eigenvalue weighted by Gasteiger charge is 2.27. The Morgan fingerprint density at radius 1 is 1.05 bits per heavy atom. The Balaban J connectivity index is 0.00000370. The summed E-state index contributed by atoms with van der Waals surface area (Å²) in [5, 5.41) is 7.24. The zero-order valence-electron chi connectivity index (χ0n) is 22.4. The molecular weight excluding hydrogens is 531 g/mol. The number of hydrogen-bond donors (Lipinski definition) is 3. The second kappa shape index (κ2) is 12.7. The summed E-state index contributed by atoms with van der Waals surface area (Å²) >= 11 is 0. The molecule has 1 fully saturated rings. The largest absolute Gasteiger partial charge is 0.497 e. The summed E-state index contributed by atoms with van der Waals surface area (Å²) in [5.41, 5.74) is 9.16. The van der Waals surface area contributed by atoms with Crippen LogP contribution in [0.2, 0.25) is 0 Å². The number of carbonyl (C=O) groups is 1. The first-order valence-electron chi connectivity index (χ1n) is 13.0. The zero-order chi connectivity index (χ0) is 27.4. The number of rotatable bonds is 7. The van der Waals surface area contributed by atoms with Crippen LogP contribution in [-0.4, -0.2) is 40.9 Å². The van der Waals surface area contributed by atoms with Crippen molar-refractivity contribution in [3.63, 3.8) is 0 Å². The normalized spacial score (nSPS) is 17.1. The molecule has 1 saturated carbocycles. The molecule has 0 spiro atoms. The molecule has 1 aliphatic rings. The van der Waals surface area contributed by atoms with Crippen molar-refractivity contribution in [2.45, 2.75) is 44.7 Å². The first kappa shape index (κ1) is 28.8. The number of halogens is 2. The number of carbonyl (C=O) groups excluding carboxylic acids is 1. The number of benzene rings is 3. The van der Waals surface area contributed by atoms with Crippen molar-refractivity contribution in [1.29, 1.82) is 0 Å². The van der Waals surface area contributed by atoms with Crippen molar-refractivity contribution in [3.05, 3.63) is 89.5 Å². The standard InChI is InChI=1S/C30H31FN6O2.ClH/c1-18-10-15-24-23(16-18)28(37-29(35-24)30(38)33-21-11-13-22(39-2)14-12-21)36-26-9-4-3-8-25(26)34-27(32)19-6-5-7-20(31)17-19;/h5-7,10-17,25-26H,3-4,8-9H2,1-2H3,(H2,32,34)(H,33,38)(H,35,36,37);1H/t25-,26+;/m1./s1. The van der Waals surface area contributed by atoms with E-state index in [0.717, 1.165) is 36.6 Å². The number of nitrogens with one attached hydrogen (secondary N) is 2. The van der Waals surface area contributed by atoms with Crippen molar-refractivity contribution in [2.75, 3.05) is 17.7 Å². The maximum Gasteiger partial charge on any atom is 0.293 e. The molecule has 4 N–H and O–H groups in total. The average molecular weight is 563 g/mol. The lowest BCUT2D eigenvalue weighted by molar-refractivity contribution is 0.101. The van der Waals surface area contributed by atoms with Crippen LogP contribution in [0.4, 0.5) is 15.9 Å². The van der Waals surface area contributed by atoms with Crippen LogP contribution in [-0.2, 0) is 0 Å². The van der Waals surface area contributed by atoms with E-state index in [2.05, 4.69) is 20.6 Å². The molecular formula is C30H32ClFN6O2. The third-order valence-corrected chi connectivity index (χ3v) is 6.88. The number of aliphatic imine (C=N–C) groups is 1. The van der Waals surface area contributed by atoms with E-state index in [1.54, 1.807) is 43.5 Å². The number of aromatic nitrogens is 2. The Kier molecular flexibility index (Phi) is 9.16. The van der Waals surface area contributed by atoms with Gasteiger partial charge in [-0.05, 0) is 68.3 Å². The van der Waals surface area contributed by atoms with Crippen LogP contribution < -0.4 is 21.1 Å². The molecule has 1 aromatic heterocycles. The molecule has 10 heteroatoms. The lowest BCUT2D eigenvalue weighted by Gasteiger charge is -2.30. The van der Waals surface area contributed by atoms with Gasteiger partial charge in [-0.25, -0.2) is 14.4 Å². The summed E-state index contributed by atoms with van der Waals surface area (Å²) in [5.74, 6) is 0.849. The van der Waals surface area contributed by atoms with E-state index < -0.39 is 5.91 Å². The van der Waals surface area contributed by atoms with Gasteiger partial charge >= 0.3 is 0 Å². The Labute approximate surface area is 238 Å². The lowest BCUT2D eigenvalue weighted by Crippen LogP contribution is -2.37. The number of hydrogen-bond acceptors (Lipinski definition) is 6. The highest BCUT2D eigenvalue weighted by Crippen LogP contribution is 2.29. The number of fused-ring (bicyclic) bond motifs is 1. The van der Waals surface area contributed by atoms with Crippen LogP contribution in [0, 0.1) is 12.7 Å². The SMILES string of the molecule is COc1ccc(NC(=O)c2nc(N[C@H]3CCCC[C@H]3N=C(N)c3cccc(F)c3)c3cc(C)ccc3n2)cc1.Cl. The van der Waals surface area contributed by atoms with E-state index >= 15 is 0 Å². The third kappa shape index (κ3) is 6.66. The molecule has 208 valence electrons. The maximum atomic E-state index is 13.8. The van der Waals surface area contributed by atoms with Crippen molar-refractivity contribution in [1.82, 2.24) is 9.97 Å². The summed E-state index contributed by atoms with van der Waals surface area (Å²) in [7, 11) is 1.59. The minimum Gasteiger partial charge on any atom is -0.497 e. The number of methoxy groups -OCH3 is 1. The maximum absolute atomic E-state index is 13.8. The molecule has 5 rings (SSSR count). The summed E-state index contributed by atoms with van der Waals surface area (Å²) in [6.07, 6.45) is 3.73. The summed E-state index contributed by atoms with van der Waals surface area (Å²) in [4.78, 5) is 27.1. The van der Waals surface area contributed by atoms with Gasteiger partial charge < -0.3 is 21.1 Å². The predicted octanol–water partition coefficient (Wildman–Crippen LogP) is 5.89. The molecule has 0 unspecified atom stereocenters. The van der Waals surface area contributed by atoms with Gasteiger partial charge in [0, 0.05) is 22.7 Å². The quantitative estimate of drug-likeness (QED) is 0.191. The van der Waals surface area contributed by atoms with E-state index in [9.17, 15) is 9.18 Å². The van der Waals surface area contributed by atoms with E-state index in [0.29, 0.717) is 34.2 Å². The number of anilines is 2. The molecule has 0 aliphatic heterocycles. The van der Waals surface area contributed by atoms with Crippen molar-refractivity contribution >= 4 is 46.6 Å². The highest BCUT2D eigenvalue weighted by molar-refractivity contribution is 6.04. The predicted molar refractivity (Wildman–Crippen MR) is 159 cm³/mol. The monoisotopic (exact) mass is 562 g/mol. The van der Waals surface area contributed by atoms with Crippen molar-refractivity contribution in [2.24, 2.45) is 10.7 Å². The van der Waals surface area contributed by atoms with E-state index in [4.69, 9.17) is 15.5 Å². The molecule has 0 bridgehead atoms. The molecule has 1 aliphatic carbocycles. The van der Waals surface area contributed by atoms with E-state index in [1.807, 2.05) is 25.1 Å². The average Bonchev–Trinajstić information content (AvgIpc) is 2.94. The topological polar surface area (TPSA) is 115 Å². The Bertz CT molecular complexity index is 1530. The number of nitrogens with two attached hydrogens (primary N) is 1. The first-order chi connectivity index (χ1) is 18.9. The minimum atomic E-state index is -0.417. The molecule has 0 radical (unpaired) electrons. The fraction of sp³-hybridized carbons (Fsp3) is 0.267. The summed E-state index contributed by atoms with van der Waals surface area (Å²) in [6.45, 7) is 2.00. The molecule has 8 nitrogen and oxygen atoms in total. The van der Waals surface area contributed by atoms with Gasteiger partial charge in [-0.1, -0.05) is 36.6 Å². The van der Waals surface area contributed by atoms with Gasteiger partial charge in [-0.15, -0.1) is 12.4 Å². The smallest absolute Gasteiger partial charge is 0.293 e. The Morgan fingerprint density at radius 2 is 1.82 bits per heavy atom. The molecule has 3 aromatic carbocycles. The van der Waals surface area contributed by atoms with Gasteiger partial charge in [0.15, 0.2) is 0 Å². The van der Waals surface area contributed by atoms with E-state index in [-0.39, 0.29) is 36.1 Å². The number of amidine groups is 1.